The van der Waals surface area contributed by atoms with E-state index in [4.69, 9.17) is 4.42 Å². The van der Waals surface area contributed by atoms with Crippen LogP contribution in [0.5, 0.6) is 0 Å². The van der Waals surface area contributed by atoms with E-state index in [1.807, 2.05) is 29.6 Å². The highest BCUT2D eigenvalue weighted by atomic mass is 32.1. The van der Waals surface area contributed by atoms with Gasteiger partial charge in [0.15, 0.2) is 11.8 Å². The van der Waals surface area contributed by atoms with Gasteiger partial charge in [-0.1, -0.05) is 30.3 Å². The first kappa shape index (κ1) is 16.1. The standard InChI is InChI=1S/C20H20N2O2S/c23-20(19-8-4-12-25-19)21-13-17(18-7-3-11-24-18)22-10-9-15-5-1-2-6-16(15)14-22/h1-8,11-12,17H,9-10,13-14H2,(H,21,23)/p+1/t17-/m1/s1. The van der Waals surface area contributed by atoms with E-state index in [0.717, 1.165) is 30.1 Å². The van der Waals surface area contributed by atoms with Gasteiger partial charge in [0, 0.05) is 12.0 Å². The summed E-state index contributed by atoms with van der Waals surface area (Å²) < 4.78 is 5.69. The third-order valence-electron chi connectivity index (χ3n) is 4.84. The van der Waals surface area contributed by atoms with Crippen LogP contribution in [0.25, 0.3) is 0 Å². The maximum atomic E-state index is 12.3. The van der Waals surface area contributed by atoms with Crippen molar-refractivity contribution in [2.75, 3.05) is 13.1 Å². The molecule has 4 rings (SSSR count). The highest BCUT2D eigenvalue weighted by Gasteiger charge is 2.30. The third kappa shape index (κ3) is 3.52. The molecule has 4 nitrogen and oxygen atoms in total. The Labute approximate surface area is 151 Å². The maximum Gasteiger partial charge on any atom is 0.261 e. The fraction of sp³-hybridized carbons (Fsp3) is 0.250. The van der Waals surface area contributed by atoms with Crippen molar-refractivity contribution in [2.24, 2.45) is 0 Å². The van der Waals surface area contributed by atoms with Crippen LogP contribution in [0.4, 0.5) is 0 Å². The lowest BCUT2D eigenvalue weighted by Gasteiger charge is -2.31. The van der Waals surface area contributed by atoms with Crippen LogP contribution >= 0.6 is 11.3 Å². The van der Waals surface area contributed by atoms with Gasteiger partial charge < -0.3 is 14.6 Å². The van der Waals surface area contributed by atoms with Gasteiger partial charge in [0.1, 0.15) is 6.54 Å². The lowest BCUT2D eigenvalue weighted by Crippen LogP contribution is -3.12. The van der Waals surface area contributed by atoms with Gasteiger partial charge >= 0.3 is 0 Å². The number of thiophene rings is 1. The molecule has 0 aliphatic carbocycles. The number of quaternary nitrogens is 1. The Morgan fingerprint density at radius 3 is 2.80 bits per heavy atom. The summed E-state index contributed by atoms with van der Waals surface area (Å²) in [5.74, 6) is 0.921. The number of carbonyl (C=O) groups is 1. The molecule has 0 bridgehead atoms. The van der Waals surface area contributed by atoms with E-state index in [0.29, 0.717) is 6.54 Å². The van der Waals surface area contributed by atoms with Crippen molar-refractivity contribution in [1.29, 1.82) is 0 Å². The molecule has 128 valence electrons. The molecule has 0 fully saturated rings. The Bertz CT molecular complexity index is 827. The van der Waals surface area contributed by atoms with Gasteiger partial charge in [0.05, 0.1) is 24.2 Å². The minimum Gasteiger partial charge on any atom is -0.463 e. The molecule has 25 heavy (non-hydrogen) atoms. The van der Waals surface area contributed by atoms with Crippen molar-refractivity contribution in [2.45, 2.75) is 19.0 Å². The van der Waals surface area contributed by atoms with Crippen LogP contribution in [0.2, 0.25) is 0 Å². The number of hydrogen-bond acceptors (Lipinski definition) is 3. The van der Waals surface area contributed by atoms with Gasteiger partial charge in [-0.05, 0) is 29.1 Å². The lowest BCUT2D eigenvalue weighted by atomic mass is 9.98. The van der Waals surface area contributed by atoms with Crippen molar-refractivity contribution in [3.63, 3.8) is 0 Å². The molecule has 0 saturated heterocycles. The highest BCUT2D eigenvalue weighted by Crippen LogP contribution is 2.16. The Balaban J connectivity index is 1.50. The molecule has 2 aromatic heterocycles. The molecular weight excluding hydrogens is 332 g/mol. The molecule has 2 N–H and O–H groups in total. The predicted octanol–water partition coefficient (Wildman–Crippen LogP) is 2.45. The van der Waals surface area contributed by atoms with E-state index in [1.54, 1.807) is 6.26 Å². The Morgan fingerprint density at radius 2 is 2.04 bits per heavy atom. The summed E-state index contributed by atoms with van der Waals surface area (Å²) in [5, 5.41) is 5.01. The lowest BCUT2D eigenvalue weighted by molar-refractivity contribution is -0.946. The quantitative estimate of drug-likeness (QED) is 0.740. The predicted molar refractivity (Wildman–Crippen MR) is 97.8 cm³/mol. The summed E-state index contributed by atoms with van der Waals surface area (Å²) in [7, 11) is 0. The number of amides is 1. The van der Waals surface area contributed by atoms with E-state index in [9.17, 15) is 4.79 Å². The normalized spacial score (nSPS) is 17.7. The number of nitrogens with one attached hydrogen (secondary N) is 2. The van der Waals surface area contributed by atoms with E-state index in [1.165, 1.54) is 27.4 Å². The van der Waals surface area contributed by atoms with Gasteiger partial charge in [-0.2, -0.15) is 0 Å². The number of carbonyl (C=O) groups excluding carboxylic acids is 1. The minimum atomic E-state index is -0.0108. The number of benzene rings is 1. The maximum absolute atomic E-state index is 12.3. The largest absolute Gasteiger partial charge is 0.463 e. The van der Waals surface area contributed by atoms with Crippen molar-refractivity contribution < 1.29 is 14.1 Å². The molecule has 5 heteroatoms. The number of rotatable bonds is 5. The zero-order valence-corrected chi connectivity index (χ0v) is 14.7. The molecule has 0 saturated carbocycles. The second-order valence-electron chi connectivity index (χ2n) is 6.36. The van der Waals surface area contributed by atoms with E-state index in [2.05, 4.69) is 29.6 Å². The molecule has 1 aromatic carbocycles. The van der Waals surface area contributed by atoms with Crippen molar-refractivity contribution >= 4 is 17.2 Å². The summed E-state index contributed by atoms with van der Waals surface area (Å²) in [6, 6.07) is 16.4. The summed E-state index contributed by atoms with van der Waals surface area (Å²) in [5.41, 5.74) is 2.83. The monoisotopic (exact) mass is 353 g/mol. The molecule has 1 unspecified atom stereocenters. The van der Waals surface area contributed by atoms with Crippen LogP contribution in [-0.4, -0.2) is 19.0 Å². The van der Waals surface area contributed by atoms with Gasteiger partial charge in [-0.25, -0.2) is 0 Å². The number of furan rings is 1. The van der Waals surface area contributed by atoms with Crippen LogP contribution in [-0.2, 0) is 13.0 Å². The van der Waals surface area contributed by atoms with Crippen molar-refractivity contribution in [1.82, 2.24) is 5.32 Å². The highest BCUT2D eigenvalue weighted by molar-refractivity contribution is 7.12. The second kappa shape index (κ2) is 7.25. The van der Waals surface area contributed by atoms with Gasteiger partial charge in [-0.3, -0.25) is 4.79 Å². The SMILES string of the molecule is O=C(NC[C@H](c1ccco1)[NH+]1CCc2ccccc2C1)c1cccs1. The molecular formula is C20H21N2O2S+. The smallest absolute Gasteiger partial charge is 0.261 e. The topological polar surface area (TPSA) is 46.7 Å². The van der Waals surface area contributed by atoms with Crippen molar-refractivity contribution in [3.05, 3.63) is 81.9 Å². The van der Waals surface area contributed by atoms with Crippen molar-refractivity contribution in [3.8, 4) is 0 Å². The minimum absolute atomic E-state index is 0.0108. The molecule has 1 amide bonds. The average Bonchev–Trinajstić information content (AvgIpc) is 3.35. The summed E-state index contributed by atoms with van der Waals surface area (Å²) in [4.78, 5) is 14.5. The summed E-state index contributed by atoms with van der Waals surface area (Å²) in [6.45, 7) is 2.56. The van der Waals surface area contributed by atoms with Crippen LogP contribution < -0.4 is 10.2 Å². The molecule has 0 spiro atoms. The van der Waals surface area contributed by atoms with E-state index < -0.39 is 0 Å². The average molecular weight is 353 g/mol. The zero-order chi connectivity index (χ0) is 17.1. The van der Waals surface area contributed by atoms with Gasteiger partial charge in [0.2, 0.25) is 0 Å². The Morgan fingerprint density at radius 1 is 1.16 bits per heavy atom. The fourth-order valence-corrected chi connectivity index (χ4v) is 4.16. The van der Waals surface area contributed by atoms with Gasteiger partial charge in [0.25, 0.3) is 5.91 Å². The fourth-order valence-electron chi connectivity index (χ4n) is 3.52. The van der Waals surface area contributed by atoms with Crippen LogP contribution in [0.15, 0.2) is 64.6 Å². The first-order valence-electron chi connectivity index (χ1n) is 8.58. The first-order valence-corrected chi connectivity index (χ1v) is 9.45. The Hall–Kier alpha value is -2.37. The summed E-state index contributed by atoms with van der Waals surface area (Å²) >= 11 is 1.46. The van der Waals surface area contributed by atoms with Crippen LogP contribution in [0.1, 0.15) is 32.6 Å². The number of fused-ring (bicyclic) bond motifs is 1. The van der Waals surface area contributed by atoms with Crippen LogP contribution in [0.3, 0.4) is 0 Å². The first-order chi connectivity index (χ1) is 12.3. The summed E-state index contributed by atoms with van der Waals surface area (Å²) in [6.07, 6.45) is 2.77. The molecule has 1 aliphatic heterocycles. The molecule has 2 atom stereocenters. The molecule has 1 aliphatic rings. The Kier molecular flexibility index (Phi) is 4.68. The second-order valence-corrected chi connectivity index (χ2v) is 7.31. The zero-order valence-electron chi connectivity index (χ0n) is 13.9. The molecule has 3 heterocycles. The molecule has 0 radical (unpaired) electrons. The van der Waals surface area contributed by atoms with Crippen LogP contribution in [0, 0.1) is 0 Å². The van der Waals surface area contributed by atoms with E-state index >= 15 is 0 Å². The van der Waals surface area contributed by atoms with Gasteiger partial charge in [-0.15, -0.1) is 11.3 Å². The third-order valence-corrected chi connectivity index (χ3v) is 5.71. The van der Waals surface area contributed by atoms with E-state index in [-0.39, 0.29) is 11.9 Å². The number of hydrogen-bond donors (Lipinski definition) is 2. The molecule has 3 aromatic rings.